The Morgan fingerprint density at radius 2 is 2.09 bits per heavy atom. The van der Waals surface area contributed by atoms with E-state index in [1.807, 2.05) is 17.6 Å². The van der Waals surface area contributed by atoms with Crippen molar-refractivity contribution in [2.75, 3.05) is 13.1 Å². The minimum absolute atomic E-state index is 0.103. The molecule has 0 radical (unpaired) electrons. The molecule has 122 valence electrons. The van der Waals surface area contributed by atoms with E-state index >= 15 is 0 Å². The number of carbonyl (C=O) groups is 1. The lowest BCUT2D eigenvalue weighted by molar-refractivity contribution is -0.136. The molecule has 0 amide bonds. The summed E-state index contributed by atoms with van der Waals surface area (Å²) in [6.45, 7) is 5.38. The first-order valence-electron chi connectivity index (χ1n) is 8.01. The molecule has 1 N–H and O–H groups in total. The molecule has 1 saturated heterocycles. The first-order valence-corrected chi connectivity index (χ1v) is 8.89. The molecular formula is C18H22N2O2S. The maximum Gasteiger partial charge on any atom is 0.307 e. The predicted molar refractivity (Wildman–Crippen MR) is 91.7 cm³/mol. The fourth-order valence-corrected chi connectivity index (χ4v) is 4.02. The Morgan fingerprint density at radius 3 is 2.74 bits per heavy atom. The van der Waals surface area contributed by atoms with Gasteiger partial charge in [-0.3, -0.25) is 9.69 Å². The van der Waals surface area contributed by atoms with Crippen molar-refractivity contribution in [2.24, 2.45) is 5.92 Å². The maximum absolute atomic E-state index is 10.7. The smallest absolute Gasteiger partial charge is 0.307 e. The van der Waals surface area contributed by atoms with Crippen LogP contribution in [0.15, 0.2) is 29.8 Å². The Hall–Kier alpha value is -1.72. The van der Waals surface area contributed by atoms with Crippen molar-refractivity contribution in [1.82, 2.24) is 9.88 Å². The molecule has 0 spiro atoms. The second kappa shape index (κ2) is 7.23. The molecule has 1 aromatic heterocycles. The van der Waals surface area contributed by atoms with Gasteiger partial charge >= 0.3 is 5.97 Å². The molecule has 1 atom stereocenters. The van der Waals surface area contributed by atoms with Crippen LogP contribution in [0.1, 0.15) is 28.1 Å². The number of hydrogen-bond donors (Lipinski definition) is 1. The third-order valence-electron chi connectivity index (χ3n) is 4.48. The largest absolute Gasteiger partial charge is 0.481 e. The van der Waals surface area contributed by atoms with Gasteiger partial charge in [0.2, 0.25) is 0 Å². The summed E-state index contributed by atoms with van der Waals surface area (Å²) in [4.78, 5) is 18.9. The van der Waals surface area contributed by atoms with E-state index in [0.29, 0.717) is 5.92 Å². The average Bonchev–Trinajstić information content (AvgIpc) is 3.11. The standard InChI is InChI=1S/C18H22N2O2S/c1-13-17(23-12-19-13)11-20-7-6-16(10-20)8-14-2-4-15(5-3-14)9-18(21)22/h2-5,12,16H,6-11H2,1H3,(H,21,22). The van der Waals surface area contributed by atoms with Gasteiger partial charge in [-0.05, 0) is 43.4 Å². The van der Waals surface area contributed by atoms with Crippen LogP contribution in [0.5, 0.6) is 0 Å². The van der Waals surface area contributed by atoms with E-state index in [-0.39, 0.29) is 6.42 Å². The number of benzene rings is 1. The van der Waals surface area contributed by atoms with E-state index in [0.717, 1.165) is 37.3 Å². The SMILES string of the molecule is Cc1ncsc1CN1CCC(Cc2ccc(CC(=O)O)cc2)C1. The van der Waals surface area contributed by atoms with Crippen LogP contribution >= 0.6 is 11.3 Å². The van der Waals surface area contributed by atoms with E-state index in [9.17, 15) is 4.79 Å². The van der Waals surface area contributed by atoms with Crippen LogP contribution < -0.4 is 0 Å². The number of carboxylic acids is 1. The fraction of sp³-hybridized carbons (Fsp3) is 0.444. The van der Waals surface area contributed by atoms with Gasteiger partial charge < -0.3 is 5.11 Å². The summed E-state index contributed by atoms with van der Waals surface area (Å²) in [5.74, 6) is -0.0869. The normalized spacial score (nSPS) is 18.4. The molecule has 0 saturated carbocycles. The van der Waals surface area contributed by atoms with Gasteiger partial charge in [0.05, 0.1) is 17.6 Å². The van der Waals surface area contributed by atoms with Gasteiger partial charge in [0.15, 0.2) is 0 Å². The van der Waals surface area contributed by atoms with Crippen LogP contribution in [0.25, 0.3) is 0 Å². The second-order valence-electron chi connectivity index (χ2n) is 6.34. The Balaban J connectivity index is 1.51. The zero-order valence-corrected chi connectivity index (χ0v) is 14.2. The third-order valence-corrected chi connectivity index (χ3v) is 5.40. The molecule has 1 unspecified atom stereocenters. The molecule has 3 rings (SSSR count). The highest BCUT2D eigenvalue weighted by Gasteiger charge is 2.23. The minimum Gasteiger partial charge on any atom is -0.481 e. The van der Waals surface area contributed by atoms with Crippen LogP contribution in [0.4, 0.5) is 0 Å². The van der Waals surface area contributed by atoms with Gasteiger partial charge in [-0.1, -0.05) is 24.3 Å². The Morgan fingerprint density at radius 1 is 1.35 bits per heavy atom. The number of carboxylic acid groups (broad SMARTS) is 1. The molecule has 0 aliphatic carbocycles. The van der Waals surface area contributed by atoms with E-state index in [2.05, 4.69) is 28.9 Å². The lowest BCUT2D eigenvalue weighted by atomic mass is 9.97. The predicted octanol–water partition coefficient (Wildman–Crippen LogP) is 3.14. The third kappa shape index (κ3) is 4.39. The van der Waals surface area contributed by atoms with Crippen molar-refractivity contribution in [2.45, 2.75) is 32.7 Å². The van der Waals surface area contributed by atoms with Gasteiger partial charge in [-0.25, -0.2) is 4.98 Å². The van der Waals surface area contributed by atoms with Gasteiger partial charge in [-0.2, -0.15) is 0 Å². The molecule has 1 aromatic carbocycles. The summed E-state index contributed by atoms with van der Waals surface area (Å²) >= 11 is 1.75. The number of rotatable bonds is 6. The number of hydrogen-bond acceptors (Lipinski definition) is 4. The number of aliphatic carboxylic acids is 1. The van der Waals surface area contributed by atoms with Gasteiger partial charge in [0, 0.05) is 18.0 Å². The summed E-state index contributed by atoms with van der Waals surface area (Å²) in [5, 5.41) is 8.81. The highest BCUT2D eigenvalue weighted by atomic mass is 32.1. The number of nitrogens with zero attached hydrogens (tertiary/aromatic N) is 2. The Labute approximate surface area is 140 Å². The molecule has 2 aromatic rings. The van der Waals surface area contributed by atoms with Crippen molar-refractivity contribution in [3.8, 4) is 0 Å². The van der Waals surface area contributed by atoms with Crippen LogP contribution in [0.3, 0.4) is 0 Å². The highest BCUT2D eigenvalue weighted by molar-refractivity contribution is 7.09. The van der Waals surface area contributed by atoms with Crippen LogP contribution in [-0.2, 0) is 24.2 Å². The Bertz CT molecular complexity index is 666. The summed E-state index contributed by atoms with van der Waals surface area (Å²) < 4.78 is 0. The van der Waals surface area contributed by atoms with Crippen LogP contribution in [0.2, 0.25) is 0 Å². The van der Waals surface area contributed by atoms with E-state index in [1.54, 1.807) is 11.3 Å². The first-order chi connectivity index (χ1) is 11.1. The number of aromatic nitrogens is 1. The molecule has 2 heterocycles. The topological polar surface area (TPSA) is 53.4 Å². The van der Waals surface area contributed by atoms with Crippen molar-refractivity contribution in [3.63, 3.8) is 0 Å². The summed E-state index contributed by atoms with van der Waals surface area (Å²) in [5.41, 5.74) is 5.26. The second-order valence-corrected chi connectivity index (χ2v) is 7.28. The summed E-state index contributed by atoms with van der Waals surface area (Å²) in [6.07, 6.45) is 2.41. The fourth-order valence-electron chi connectivity index (χ4n) is 3.21. The monoisotopic (exact) mass is 330 g/mol. The van der Waals surface area contributed by atoms with Gasteiger partial charge in [0.25, 0.3) is 0 Å². The molecule has 1 aliphatic heterocycles. The van der Waals surface area contributed by atoms with Gasteiger partial charge in [-0.15, -0.1) is 11.3 Å². The quantitative estimate of drug-likeness (QED) is 0.884. The minimum atomic E-state index is -0.775. The van der Waals surface area contributed by atoms with E-state index in [1.165, 1.54) is 16.9 Å². The number of aryl methyl sites for hydroxylation is 1. The molecule has 0 bridgehead atoms. The molecule has 1 aliphatic rings. The molecule has 5 heteroatoms. The zero-order chi connectivity index (χ0) is 16.2. The van der Waals surface area contributed by atoms with Crippen LogP contribution in [-0.4, -0.2) is 34.0 Å². The van der Waals surface area contributed by atoms with Crippen molar-refractivity contribution in [3.05, 3.63) is 51.5 Å². The number of thiazole rings is 1. The maximum atomic E-state index is 10.7. The summed E-state index contributed by atoms with van der Waals surface area (Å²) in [6, 6.07) is 8.04. The molecular weight excluding hydrogens is 308 g/mol. The lowest BCUT2D eigenvalue weighted by Gasteiger charge is -2.15. The number of likely N-dealkylation sites (tertiary alicyclic amines) is 1. The van der Waals surface area contributed by atoms with E-state index in [4.69, 9.17) is 5.11 Å². The van der Waals surface area contributed by atoms with Crippen molar-refractivity contribution < 1.29 is 9.90 Å². The molecule has 4 nitrogen and oxygen atoms in total. The molecule has 1 fully saturated rings. The Kier molecular flexibility index (Phi) is 5.08. The first kappa shape index (κ1) is 16.1. The highest BCUT2D eigenvalue weighted by Crippen LogP contribution is 2.24. The molecule has 23 heavy (non-hydrogen) atoms. The van der Waals surface area contributed by atoms with Gasteiger partial charge in [0.1, 0.15) is 0 Å². The van der Waals surface area contributed by atoms with Crippen molar-refractivity contribution in [1.29, 1.82) is 0 Å². The van der Waals surface area contributed by atoms with Crippen molar-refractivity contribution >= 4 is 17.3 Å². The summed E-state index contributed by atoms with van der Waals surface area (Å²) in [7, 11) is 0. The van der Waals surface area contributed by atoms with Crippen LogP contribution in [0, 0.1) is 12.8 Å². The zero-order valence-electron chi connectivity index (χ0n) is 13.4. The lowest BCUT2D eigenvalue weighted by Crippen LogP contribution is -2.20. The average molecular weight is 330 g/mol. The van der Waals surface area contributed by atoms with E-state index < -0.39 is 5.97 Å².